The predicted octanol–water partition coefficient (Wildman–Crippen LogP) is 2.06. The maximum atomic E-state index is 12.0. The van der Waals surface area contributed by atoms with Crippen molar-refractivity contribution < 1.29 is 0 Å². The summed E-state index contributed by atoms with van der Waals surface area (Å²) >= 11 is 0. The van der Waals surface area contributed by atoms with Gasteiger partial charge in [0.05, 0.1) is 5.69 Å². The topological polar surface area (TPSA) is 48.0 Å². The Bertz CT molecular complexity index is 436. The van der Waals surface area contributed by atoms with Crippen LogP contribution in [0.5, 0.6) is 0 Å². The van der Waals surface area contributed by atoms with Crippen molar-refractivity contribution in [1.29, 1.82) is 0 Å². The molecule has 0 aliphatic heterocycles. The summed E-state index contributed by atoms with van der Waals surface area (Å²) in [5.74, 6) is 0. The number of nitrogen functional groups attached to an aromatic ring is 1. The van der Waals surface area contributed by atoms with Gasteiger partial charge in [-0.25, -0.2) is 0 Å². The van der Waals surface area contributed by atoms with Crippen molar-refractivity contribution >= 4 is 5.69 Å². The molecule has 2 N–H and O–H groups in total. The number of nitrogens with zero attached hydrogens (tertiary/aromatic N) is 1. The van der Waals surface area contributed by atoms with Gasteiger partial charge in [0.2, 0.25) is 0 Å². The van der Waals surface area contributed by atoms with Gasteiger partial charge in [-0.3, -0.25) is 4.79 Å². The molecule has 1 saturated carbocycles. The molecule has 0 aromatic carbocycles. The molecular formula is C12H18N2O. The minimum Gasteiger partial charge on any atom is -0.394 e. The van der Waals surface area contributed by atoms with Gasteiger partial charge in [0, 0.05) is 17.2 Å². The third-order valence-electron chi connectivity index (χ3n) is 2.83. The monoisotopic (exact) mass is 206 g/mol. The molecule has 3 heteroatoms. The van der Waals surface area contributed by atoms with Crippen LogP contribution in [-0.2, 0) is 5.41 Å². The summed E-state index contributed by atoms with van der Waals surface area (Å²) in [4.78, 5) is 12.0. The first-order valence-electron chi connectivity index (χ1n) is 5.43. The number of rotatable bonds is 1. The first-order valence-corrected chi connectivity index (χ1v) is 5.43. The Balaban J connectivity index is 2.65. The van der Waals surface area contributed by atoms with Crippen LogP contribution in [-0.4, -0.2) is 4.57 Å². The molecular weight excluding hydrogens is 188 g/mol. The molecule has 1 aliphatic rings. The van der Waals surface area contributed by atoms with E-state index in [9.17, 15) is 4.79 Å². The molecule has 1 heterocycles. The van der Waals surface area contributed by atoms with E-state index >= 15 is 0 Å². The molecule has 3 nitrogen and oxygen atoms in total. The molecule has 0 saturated heterocycles. The van der Waals surface area contributed by atoms with Crippen LogP contribution in [0.1, 0.15) is 45.3 Å². The lowest BCUT2D eigenvalue weighted by Crippen LogP contribution is -2.30. The molecule has 2 rings (SSSR count). The smallest absolute Gasteiger partial charge is 0.274 e. The van der Waals surface area contributed by atoms with Gasteiger partial charge < -0.3 is 10.3 Å². The van der Waals surface area contributed by atoms with Crippen LogP contribution in [0.25, 0.3) is 0 Å². The van der Waals surface area contributed by atoms with Gasteiger partial charge in [-0.05, 0) is 25.0 Å². The van der Waals surface area contributed by atoms with E-state index in [1.165, 1.54) is 0 Å². The highest BCUT2D eigenvalue weighted by atomic mass is 16.1. The highest BCUT2D eigenvalue weighted by Gasteiger charge is 2.30. The number of aromatic nitrogens is 1. The van der Waals surface area contributed by atoms with Crippen molar-refractivity contribution in [3.05, 3.63) is 28.2 Å². The van der Waals surface area contributed by atoms with Crippen LogP contribution >= 0.6 is 0 Å². The third kappa shape index (κ3) is 1.78. The van der Waals surface area contributed by atoms with Crippen molar-refractivity contribution in [2.45, 2.75) is 45.1 Å². The van der Waals surface area contributed by atoms with Gasteiger partial charge in [0.25, 0.3) is 5.56 Å². The number of hydrogen-bond acceptors (Lipinski definition) is 2. The second-order valence-corrected chi connectivity index (χ2v) is 5.33. The van der Waals surface area contributed by atoms with Gasteiger partial charge in [-0.15, -0.1) is 0 Å². The van der Waals surface area contributed by atoms with Crippen molar-refractivity contribution in [2.24, 2.45) is 0 Å². The van der Waals surface area contributed by atoms with E-state index in [1.807, 2.05) is 10.6 Å². The first-order chi connectivity index (χ1) is 6.91. The van der Waals surface area contributed by atoms with Crippen LogP contribution in [0.2, 0.25) is 0 Å². The van der Waals surface area contributed by atoms with Crippen LogP contribution in [0.15, 0.2) is 16.9 Å². The zero-order chi connectivity index (χ0) is 11.2. The standard InChI is InChI=1S/C12H18N2O/c1-12(2,3)10-7-6-9(13)11(15)14(10)8-4-5-8/h6-8H,4-5,13H2,1-3H3. The zero-order valence-corrected chi connectivity index (χ0v) is 9.58. The van der Waals surface area contributed by atoms with Gasteiger partial charge in [-0.1, -0.05) is 20.8 Å². The second kappa shape index (κ2) is 3.12. The molecule has 82 valence electrons. The Morgan fingerprint density at radius 3 is 2.40 bits per heavy atom. The number of hydrogen-bond donors (Lipinski definition) is 1. The summed E-state index contributed by atoms with van der Waals surface area (Å²) in [5, 5.41) is 0. The summed E-state index contributed by atoms with van der Waals surface area (Å²) in [7, 11) is 0. The van der Waals surface area contributed by atoms with Gasteiger partial charge in [0.1, 0.15) is 0 Å². The second-order valence-electron chi connectivity index (χ2n) is 5.33. The van der Waals surface area contributed by atoms with Gasteiger partial charge >= 0.3 is 0 Å². The Kier molecular flexibility index (Phi) is 2.14. The Morgan fingerprint density at radius 2 is 1.93 bits per heavy atom. The molecule has 0 amide bonds. The SMILES string of the molecule is CC(C)(C)c1ccc(N)c(=O)n1C1CC1. The molecule has 1 aromatic rings. The van der Waals surface area contributed by atoms with Crippen LogP contribution in [0.4, 0.5) is 5.69 Å². The summed E-state index contributed by atoms with van der Waals surface area (Å²) in [6, 6.07) is 4.09. The predicted molar refractivity (Wildman–Crippen MR) is 62.1 cm³/mol. The highest BCUT2D eigenvalue weighted by Crippen LogP contribution is 2.37. The summed E-state index contributed by atoms with van der Waals surface area (Å²) in [5.41, 5.74) is 7.08. The third-order valence-corrected chi connectivity index (χ3v) is 2.83. The lowest BCUT2D eigenvalue weighted by Gasteiger charge is -2.24. The van der Waals surface area contributed by atoms with E-state index in [-0.39, 0.29) is 11.0 Å². The van der Waals surface area contributed by atoms with Crippen molar-refractivity contribution in [3.63, 3.8) is 0 Å². The summed E-state index contributed by atoms with van der Waals surface area (Å²) in [6.07, 6.45) is 2.21. The van der Waals surface area contributed by atoms with Crippen molar-refractivity contribution in [2.75, 3.05) is 5.73 Å². The Labute approximate surface area is 89.9 Å². The van der Waals surface area contributed by atoms with Crippen LogP contribution in [0, 0.1) is 0 Å². The maximum absolute atomic E-state index is 12.0. The largest absolute Gasteiger partial charge is 0.394 e. The molecule has 1 fully saturated rings. The molecule has 15 heavy (non-hydrogen) atoms. The molecule has 0 radical (unpaired) electrons. The highest BCUT2D eigenvalue weighted by molar-refractivity contribution is 5.37. The van der Waals surface area contributed by atoms with E-state index in [1.54, 1.807) is 6.07 Å². The van der Waals surface area contributed by atoms with Crippen LogP contribution < -0.4 is 11.3 Å². The van der Waals surface area contributed by atoms with E-state index < -0.39 is 0 Å². The first kappa shape index (κ1) is 10.3. The number of nitrogens with two attached hydrogens (primary N) is 1. The summed E-state index contributed by atoms with van der Waals surface area (Å²) in [6.45, 7) is 6.37. The molecule has 0 spiro atoms. The minimum absolute atomic E-state index is 0.00451. The number of anilines is 1. The fraction of sp³-hybridized carbons (Fsp3) is 0.583. The normalized spacial score (nSPS) is 16.7. The number of pyridine rings is 1. The molecule has 0 atom stereocenters. The summed E-state index contributed by atoms with van der Waals surface area (Å²) < 4.78 is 1.88. The maximum Gasteiger partial charge on any atom is 0.274 e. The lowest BCUT2D eigenvalue weighted by molar-refractivity contribution is 0.506. The molecule has 0 bridgehead atoms. The Hall–Kier alpha value is -1.25. The van der Waals surface area contributed by atoms with Crippen molar-refractivity contribution in [1.82, 2.24) is 4.57 Å². The minimum atomic E-state index is -0.0232. The Morgan fingerprint density at radius 1 is 1.33 bits per heavy atom. The van der Waals surface area contributed by atoms with E-state index in [0.717, 1.165) is 18.5 Å². The van der Waals surface area contributed by atoms with Gasteiger partial charge in [-0.2, -0.15) is 0 Å². The lowest BCUT2D eigenvalue weighted by atomic mass is 9.91. The average Bonchev–Trinajstić information content (AvgIpc) is 2.90. The average molecular weight is 206 g/mol. The fourth-order valence-corrected chi connectivity index (χ4v) is 1.88. The molecule has 1 aliphatic carbocycles. The van der Waals surface area contributed by atoms with Crippen LogP contribution in [0.3, 0.4) is 0 Å². The van der Waals surface area contributed by atoms with Crippen molar-refractivity contribution in [3.8, 4) is 0 Å². The van der Waals surface area contributed by atoms with Gasteiger partial charge in [0.15, 0.2) is 0 Å². The zero-order valence-electron chi connectivity index (χ0n) is 9.58. The van der Waals surface area contributed by atoms with E-state index in [4.69, 9.17) is 5.73 Å². The molecule has 1 aromatic heterocycles. The van der Waals surface area contributed by atoms with E-state index in [0.29, 0.717) is 11.7 Å². The van der Waals surface area contributed by atoms with E-state index in [2.05, 4.69) is 20.8 Å². The fourth-order valence-electron chi connectivity index (χ4n) is 1.88. The molecule has 0 unspecified atom stereocenters. The quantitative estimate of drug-likeness (QED) is 0.764.